The lowest BCUT2D eigenvalue weighted by molar-refractivity contribution is 0.0727. The minimum atomic E-state index is -0.0244. The van der Waals surface area contributed by atoms with E-state index in [-0.39, 0.29) is 17.9 Å². The lowest BCUT2D eigenvalue weighted by Crippen LogP contribution is -2.31. The molecule has 0 bridgehead atoms. The van der Waals surface area contributed by atoms with Crippen molar-refractivity contribution in [3.8, 4) is 5.75 Å². The van der Waals surface area contributed by atoms with Crippen molar-refractivity contribution in [1.82, 2.24) is 10.1 Å². The number of hydrogen-bond donors (Lipinski definition) is 0. The second kappa shape index (κ2) is 6.44. The van der Waals surface area contributed by atoms with E-state index in [0.29, 0.717) is 11.3 Å². The zero-order valence-electron chi connectivity index (χ0n) is 13.8. The first kappa shape index (κ1) is 15.6. The van der Waals surface area contributed by atoms with E-state index in [1.54, 1.807) is 13.2 Å². The molecule has 0 unspecified atom stereocenters. The number of rotatable bonds is 4. The number of aromatic nitrogens is 1. The fourth-order valence-electron chi connectivity index (χ4n) is 3.03. The second-order valence-electron chi connectivity index (χ2n) is 6.17. The number of likely N-dealkylation sites (tertiary alicyclic amines) is 1. The van der Waals surface area contributed by atoms with Gasteiger partial charge in [-0.1, -0.05) is 31.1 Å². The molecule has 1 amide bonds. The van der Waals surface area contributed by atoms with Crippen molar-refractivity contribution in [3.63, 3.8) is 0 Å². The predicted molar refractivity (Wildman–Crippen MR) is 86.6 cm³/mol. The molecule has 0 radical (unpaired) electrons. The molecule has 1 fully saturated rings. The summed E-state index contributed by atoms with van der Waals surface area (Å²) in [5.41, 5.74) is 1.43. The molecule has 0 spiro atoms. The highest BCUT2D eigenvalue weighted by atomic mass is 16.5. The van der Waals surface area contributed by atoms with Crippen LogP contribution in [0.5, 0.6) is 5.75 Å². The molecule has 122 valence electrons. The van der Waals surface area contributed by atoms with Crippen molar-refractivity contribution < 1.29 is 14.1 Å². The Balaban J connectivity index is 1.87. The normalized spacial score (nSPS) is 17.7. The highest BCUT2D eigenvalue weighted by Gasteiger charge is 2.33. The van der Waals surface area contributed by atoms with Crippen LogP contribution in [0.15, 0.2) is 34.9 Å². The van der Waals surface area contributed by atoms with Crippen LogP contribution in [0.3, 0.4) is 0 Å². The molecule has 1 atom stereocenters. The average Bonchev–Trinajstić information content (AvgIpc) is 3.22. The van der Waals surface area contributed by atoms with E-state index in [1.807, 2.05) is 29.2 Å². The van der Waals surface area contributed by atoms with Crippen molar-refractivity contribution in [2.24, 2.45) is 0 Å². The average molecular weight is 314 g/mol. The van der Waals surface area contributed by atoms with Gasteiger partial charge in [0, 0.05) is 18.5 Å². The fourth-order valence-corrected chi connectivity index (χ4v) is 3.03. The van der Waals surface area contributed by atoms with Gasteiger partial charge in [0.15, 0.2) is 0 Å². The van der Waals surface area contributed by atoms with Crippen LogP contribution in [0, 0.1) is 0 Å². The molecule has 0 saturated carbocycles. The summed E-state index contributed by atoms with van der Waals surface area (Å²) >= 11 is 0. The maximum absolute atomic E-state index is 12.9. The van der Waals surface area contributed by atoms with Crippen LogP contribution in [0.4, 0.5) is 0 Å². The van der Waals surface area contributed by atoms with E-state index in [4.69, 9.17) is 9.26 Å². The zero-order chi connectivity index (χ0) is 16.4. The Hall–Kier alpha value is -2.30. The fraction of sp³-hybridized carbons (Fsp3) is 0.444. The SMILES string of the molecule is COc1ccccc1C(=O)N1CCC[C@H]1c1cc(C(C)C)on1. The van der Waals surface area contributed by atoms with Gasteiger partial charge in [-0.3, -0.25) is 4.79 Å². The van der Waals surface area contributed by atoms with Gasteiger partial charge in [-0.25, -0.2) is 0 Å². The Bertz CT molecular complexity index is 693. The molecular formula is C18H22N2O3. The Morgan fingerprint density at radius 2 is 2.17 bits per heavy atom. The summed E-state index contributed by atoms with van der Waals surface area (Å²) < 4.78 is 10.7. The largest absolute Gasteiger partial charge is 0.496 e. The van der Waals surface area contributed by atoms with Gasteiger partial charge in [0.2, 0.25) is 0 Å². The van der Waals surface area contributed by atoms with Crippen LogP contribution in [-0.4, -0.2) is 29.6 Å². The van der Waals surface area contributed by atoms with Gasteiger partial charge in [-0.2, -0.15) is 0 Å². The third-order valence-electron chi connectivity index (χ3n) is 4.31. The summed E-state index contributed by atoms with van der Waals surface area (Å²) in [7, 11) is 1.58. The molecule has 1 saturated heterocycles. The number of amides is 1. The predicted octanol–water partition coefficient (Wildman–Crippen LogP) is 3.78. The maximum Gasteiger partial charge on any atom is 0.258 e. The van der Waals surface area contributed by atoms with E-state index in [1.165, 1.54) is 0 Å². The first-order chi connectivity index (χ1) is 11.1. The third kappa shape index (κ3) is 2.96. The number of nitrogens with zero attached hydrogens (tertiary/aromatic N) is 2. The summed E-state index contributed by atoms with van der Waals surface area (Å²) in [4.78, 5) is 14.8. The van der Waals surface area contributed by atoms with Crippen LogP contribution < -0.4 is 4.74 Å². The molecular weight excluding hydrogens is 292 g/mol. The van der Waals surface area contributed by atoms with Crippen molar-refractivity contribution in [2.75, 3.05) is 13.7 Å². The maximum atomic E-state index is 12.9. The van der Waals surface area contributed by atoms with Gasteiger partial charge in [0.05, 0.1) is 18.7 Å². The van der Waals surface area contributed by atoms with Crippen LogP contribution in [0.1, 0.15) is 60.5 Å². The Morgan fingerprint density at radius 3 is 2.87 bits per heavy atom. The van der Waals surface area contributed by atoms with Crippen molar-refractivity contribution in [1.29, 1.82) is 0 Å². The minimum absolute atomic E-state index is 0.0148. The number of benzene rings is 1. The summed E-state index contributed by atoms with van der Waals surface area (Å²) in [6, 6.07) is 9.29. The molecule has 23 heavy (non-hydrogen) atoms. The number of carbonyl (C=O) groups excluding carboxylic acids is 1. The molecule has 5 nitrogen and oxygen atoms in total. The van der Waals surface area contributed by atoms with E-state index in [0.717, 1.165) is 30.8 Å². The van der Waals surface area contributed by atoms with E-state index < -0.39 is 0 Å². The first-order valence-electron chi connectivity index (χ1n) is 8.02. The number of hydrogen-bond acceptors (Lipinski definition) is 4. The summed E-state index contributed by atoms with van der Waals surface area (Å²) in [5, 5.41) is 4.19. The summed E-state index contributed by atoms with van der Waals surface area (Å²) in [6.45, 7) is 4.86. The zero-order valence-corrected chi connectivity index (χ0v) is 13.8. The molecule has 3 rings (SSSR count). The molecule has 2 aromatic rings. The number of para-hydroxylation sites is 1. The van der Waals surface area contributed by atoms with Crippen LogP contribution in [0.25, 0.3) is 0 Å². The van der Waals surface area contributed by atoms with Crippen LogP contribution >= 0.6 is 0 Å². The lowest BCUT2D eigenvalue weighted by Gasteiger charge is -2.23. The van der Waals surface area contributed by atoms with Crippen molar-refractivity contribution in [3.05, 3.63) is 47.3 Å². The highest BCUT2D eigenvalue weighted by Crippen LogP contribution is 2.35. The van der Waals surface area contributed by atoms with Gasteiger partial charge < -0.3 is 14.2 Å². The van der Waals surface area contributed by atoms with Crippen LogP contribution in [-0.2, 0) is 0 Å². The molecule has 0 aliphatic carbocycles. The second-order valence-corrected chi connectivity index (χ2v) is 6.17. The number of methoxy groups -OCH3 is 1. The molecule has 1 aromatic carbocycles. The van der Waals surface area contributed by atoms with Gasteiger partial charge >= 0.3 is 0 Å². The van der Waals surface area contributed by atoms with Crippen LogP contribution in [0.2, 0.25) is 0 Å². The molecule has 1 aliphatic heterocycles. The number of carbonyl (C=O) groups is 1. The van der Waals surface area contributed by atoms with Crippen molar-refractivity contribution >= 4 is 5.91 Å². The quantitative estimate of drug-likeness (QED) is 0.861. The molecule has 0 N–H and O–H groups in total. The van der Waals surface area contributed by atoms with E-state index >= 15 is 0 Å². The first-order valence-corrected chi connectivity index (χ1v) is 8.02. The van der Waals surface area contributed by atoms with E-state index in [9.17, 15) is 4.79 Å². The molecule has 1 aromatic heterocycles. The topological polar surface area (TPSA) is 55.6 Å². The Kier molecular flexibility index (Phi) is 4.37. The molecule has 5 heteroatoms. The monoisotopic (exact) mass is 314 g/mol. The summed E-state index contributed by atoms with van der Waals surface area (Å²) in [6.07, 6.45) is 1.88. The Morgan fingerprint density at radius 1 is 1.39 bits per heavy atom. The molecule has 1 aliphatic rings. The Labute approximate surface area is 136 Å². The highest BCUT2D eigenvalue weighted by molar-refractivity contribution is 5.97. The van der Waals surface area contributed by atoms with Gasteiger partial charge in [0.1, 0.15) is 17.2 Å². The number of ether oxygens (including phenoxy) is 1. The third-order valence-corrected chi connectivity index (χ3v) is 4.31. The summed E-state index contributed by atoms with van der Waals surface area (Å²) in [5.74, 6) is 1.73. The van der Waals surface area contributed by atoms with Gasteiger partial charge in [0.25, 0.3) is 5.91 Å². The smallest absolute Gasteiger partial charge is 0.258 e. The lowest BCUT2D eigenvalue weighted by atomic mass is 10.1. The van der Waals surface area contributed by atoms with Crippen molar-refractivity contribution in [2.45, 2.75) is 38.6 Å². The standard InChI is InChI=1S/C18H22N2O3/c1-12(2)17-11-14(19-23-17)15-8-6-10-20(15)18(21)13-7-4-5-9-16(13)22-3/h4-5,7,9,11-12,15H,6,8,10H2,1-3H3/t15-/m0/s1. The minimum Gasteiger partial charge on any atom is -0.496 e. The molecule has 2 heterocycles. The van der Waals surface area contributed by atoms with Gasteiger partial charge in [-0.05, 0) is 25.0 Å². The van der Waals surface area contributed by atoms with Gasteiger partial charge in [-0.15, -0.1) is 0 Å². The van der Waals surface area contributed by atoms with E-state index in [2.05, 4.69) is 19.0 Å².